The minimum absolute atomic E-state index is 0.00828. The van der Waals surface area contributed by atoms with Gasteiger partial charge in [-0.05, 0) is 72.6 Å². The lowest BCUT2D eigenvalue weighted by Crippen LogP contribution is -2.20. The van der Waals surface area contributed by atoms with Gasteiger partial charge in [0.15, 0.2) is 11.5 Å². The molecule has 146 valence electrons. The number of aryl methyl sites for hydroxylation is 1. The molecule has 0 aliphatic heterocycles. The van der Waals surface area contributed by atoms with Crippen molar-refractivity contribution in [3.63, 3.8) is 0 Å². The molecule has 0 saturated heterocycles. The van der Waals surface area contributed by atoms with Gasteiger partial charge in [0.1, 0.15) is 5.82 Å². The van der Waals surface area contributed by atoms with Gasteiger partial charge < -0.3 is 9.47 Å². The third-order valence-electron chi connectivity index (χ3n) is 3.90. The molecule has 0 N–H and O–H groups in total. The van der Waals surface area contributed by atoms with Gasteiger partial charge in [0.25, 0.3) is 5.56 Å². The van der Waals surface area contributed by atoms with Gasteiger partial charge in [-0.25, -0.2) is 4.98 Å². The summed E-state index contributed by atoms with van der Waals surface area (Å²) in [6.07, 6.45) is 1.60. The minimum atomic E-state index is -0.231. The molecule has 0 spiro atoms. The SMILES string of the molecule is COc1cc(C=Nn2c(C)nc3ccc(Br)cc3c2=O)cc(Br)c1OC(C)C. The Morgan fingerprint density at radius 1 is 1.21 bits per heavy atom. The molecule has 1 aromatic heterocycles. The number of aromatic nitrogens is 2. The molecule has 6 nitrogen and oxygen atoms in total. The summed E-state index contributed by atoms with van der Waals surface area (Å²) in [7, 11) is 1.58. The lowest BCUT2D eigenvalue weighted by Gasteiger charge is -2.15. The van der Waals surface area contributed by atoms with Crippen LogP contribution < -0.4 is 15.0 Å². The summed E-state index contributed by atoms with van der Waals surface area (Å²) in [6.45, 7) is 5.64. The van der Waals surface area contributed by atoms with Gasteiger partial charge in [-0.15, -0.1) is 0 Å². The van der Waals surface area contributed by atoms with Gasteiger partial charge in [-0.1, -0.05) is 15.9 Å². The van der Waals surface area contributed by atoms with E-state index in [0.29, 0.717) is 28.2 Å². The lowest BCUT2D eigenvalue weighted by atomic mass is 10.2. The van der Waals surface area contributed by atoms with E-state index in [-0.39, 0.29) is 11.7 Å². The Hall–Kier alpha value is -2.19. The molecule has 0 aliphatic carbocycles. The Morgan fingerprint density at radius 3 is 2.64 bits per heavy atom. The van der Waals surface area contributed by atoms with E-state index < -0.39 is 0 Å². The predicted octanol–water partition coefficient (Wildman–Crippen LogP) is 4.91. The van der Waals surface area contributed by atoms with Gasteiger partial charge in [0.05, 0.1) is 34.8 Å². The van der Waals surface area contributed by atoms with Crippen molar-refractivity contribution in [1.82, 2.24) is 9.66 Å². The average molecular weight is 509 g/mol. The highest BCUT2D eigenvalue weighted by molar-refractivity contribution is 9.10. The maximum Gasteiger partial charge on any atom is 0.282 e. The quantitative estimate of drug-likeness (QED) is 0.459. The molecule has 3 aromatic rings. The van der Waals surface area contributed by atoms with Gasteiger partial charge in [-0.3, -0.25) is 4.79 Å². The normalized spacial score (nSPS) is 11.5. The number of fused-ring (bicyclic) bond motifs is 1. The molecule has 3 rings (SSSR count). The van der Waals surface area contributed by atoms with Crippen molar-refractivity contribution in [1.29, 1.82) is 0 Å². The average Bonchev–Trinajstić information content (AvgIpc) is 2.64. The highest BCUT2D eigenvalue weighted by Crippen LogP contribution is 2.37. The first-order valence-corrected chi connectivity index (χ1v) is 10.2. The summed E-state index contributed by atoms with van der Waals surface area (Å²) >= 11 is 6.90. The zero-order valence-corrected chi connectivity index (χ0v) is 19.0. The Bertz CT molecular complexity index is 1120. The third-order valence-corrected chi connectivity index (χ3v) is 4.98. The first-order chi connectivity index (χ1) is 13.3. The number of nitrogens with zero attached hydrogens (tertiary/aromatic N) is 3. The molecule has 0 unspecified atom stereocenters. The summed E-state index contributed by atoms with van der Waals surface area (Å²) in [5, 5.41) is 4.84. The maximum absolute atomic E-state index is 12.8. The number of ether oxygens (including phenoxy) is 2. The fourth-order valence-corrected chi connectivity index (χ4v) is 3.60. The number of benzene rings is 2. The van der Waals surface area contributed by atoms with Crippen LogP contribution in [0.3, 0.4) is 0 Å². The highest BCUT2D eigenvalue weighted by atomic mass is 79.9. The summed E-state index contributed by atoms with van der Waals surface area (Å²) < 4.78 is 14.1. The molecule has 0 amide bonds. The molecule has 0 atom stereocenters. The van der Waals surface area contributed by atoms with Gasteiger partial charge in [0, 0.05) is 4.47 Å². The van der Waals surface area contributed by atoms with Crippen molar-refractivity contribution >= 4 is 49.0 Å². The van der Waals surface area contributed by atoms with Crippen LogP contribution in [-0.2, 0) is 0 Å². The van der Waals surface area contributed by atoms with Gasteiger partial charge in [-0.2, -0.15) is 9.78 Å². The van der Waals surface area contributed by atoms with Crippen LogP contribution in [0.15, 0.2) is 49.2 Å². The molecular weight excluding hydrogens is 490 g/mol. The Labute approximate surface area is 179 Å². The molecule has 0 aliphatic rings. The number of rotatable bonds is 5. The van der Waals surface area contributed by atoms with Crippen molar-refractivity contribution in [2.24, 2.45) is 5.10 Å². The fraction of sp³-hybridized carbons (Fsp3) is 0.250. The van der Waals surface area contributed by atoms with Crippen LogP contribution in [0.1, 0.15) is 25.2 Å². The monoisotopic (exact) mass is 507 g/mol. The van der Waals surface area contributed by atoms with E-state index in [0.717, 1.165) is 14.5 Å². The van der Waals surface area contributed by atoms with Crippen molar-refractivity contribution in [3.8, 4) is 11.5 Å². The Kier molecular flexibility index (Phi) is 6.20. The number of hydrogen-bond donors (Lipinski definition) is 0. The maximum atomic E-state index is 12.8. The number of halogens is 2. The van der Waals surface area contributed by atoms with Crippen LogP contribution in [-0.4, -0.2) is 29.1 Å². The topological polar surface area (TPSA) is 65.7 Å². The van der Waals surface area contributed by atoms with E-state index in [1.807, 2.05) is 26.0 Å². The zero-order chi connectivity index (χ0) is 20.4. The molecule has 0 radical (unpaired) electrons. The summed E-state index contributed by atoms with van der Waals surface area (Å²) in [6, 6.07) is 9.06. The van der Waals surface area contributed by atoms with Crippen molar-refractivity contribution in [2.45, 2.75) is 26.9 Å². The van der Waals surface area contributed by atoms with E-state index in [4.69, 9.17) is 9.47 Å². The van der Waals surface area contributed by atoms with Crippen molar-refractivity contribution in [2.75, 3.05) is 7.11 Å². The molecule has 2 aromatic carbocycles. The third kappa shape index (κ3) is 4.28. The molecule has 0 bridgehead atoms. The molecule has 0 fully saturated rings. The van der Waals surface area contributed by atoms with Gasteiger partial charge in [0.2, 0.25) is 0 Å². The second-order valence-corrected chi connectivity index (χ2v) is 8.15. The molecule has 8 heteroatoms. The predicted molar refractivity (Wildman–Crippen MR) is 118 cm³/mol. The van der Waals surface area contributed by atoms with E-state index in [9.17, 15) is 4.79 Å². The smallest absolute Gasteiger partial charge is 0.282 e. The molecule has 28 heavy (non-hydrogen) atoms. The van der Waals surface area contributed by atoms with Crippen molar-refractivity contribution in [3.05, 3.63) is 61.0 Å². The number of hydrogen-bond acceptors (Lipinski definition) is 5. The molecule has 1 heterocycles. The number of methoxy groups -OCH3 is 1. The first-order valence-electron chi connectivity index (χ1n) is 8.57. The lowest BCUT2D eigenvalue weighted by molar-refractivity contribution is 0.228. The Balaban J connectivity index is 2.05. The van der Waals surface area contributed by atoms with E-state index >= 15 is 0 Å². The molecule has 0 saturated carbocycles. The summed E-state index contributed by atoms with van der Waals surface area (Å²) in [5.41, 5.74) is 1.16. The van der Waals surface area contributed by atoms with E-state index in [1.54, 1.807) is 38.4 Å². The zero-order valence-electron chi connectivity index (χ0n) is 15.9. The van der Waals surface area contributed by atoms with Crippen LogP contribution in [0.25, 0.3) is 10.9 Å². The summed E-state index contributed by atoms with van der Waals surface area (Å²) in [4.78, 5) is 17.3. The second-order valence-electron chi connectivity index (χ2n) is 6.38. The standard InChI is InChI=1S/C20H19Br2N3O3/c1-11(2)28-19-16(22)7-13(8-18(19)27-4)10-23-25-12(3)24-17-6-5-14(21)9-15(17)20(25)26/h5-11H,1-4H3. The van der Waals surface area contributed by atoms with Crippen LogP contribution in [0.2, 0.25) is 0 Å². The van der Waals surface area contributed by atoms with Crippen LogP contribution in [0.5, 0.6) is 11.5 Å². The Morgan fingerprint density at radius 2 is 1.96 bits per heavy atom. The van der Waals surface area contributed by atoms with Crippen LogP contribution in [0.4, 0.5) is 0 Å². The van der Waals surface area contributed by atoms with Crippen LogP contribution in [0, 0.1) is 6.92 Å². The molecular formula is C20H19Br2N3O3. The van der Waals surface area contributed by atoms with E-state index in [1.165, 1.54) is 4.68 Å². The first kappa shape index (κ1) is 20.5. The summed E-state index contributed by atoms with van der Waals surface area (Å²) in [5.74, 6) is 1.70. The largest absolute Gasteiger partial charge is 0.493 e. The highest BCUT2D eigenvalue weighted by Gasteiger charge is 2.13. The van der Waals surface area contributed by atoms with Crippen molar-refractivity contribution < 1.29 is 9.47 Å². The van der Waals surface area contributed by atoms with Gasteiger partial charge >= 0.3 is 0 Å². The second kappa shape index (κ2) is 8.45. The minimum Gasteiger partial charge on any atom is -0.493 e. The van der Waals surface area contributed by atoms with E-state index in [2.05, 4.69) is 41.9 Å². The van der Waals surface area contributed by atoms with Crippen LogP contribution >= 0.6 is 31.9 Å². The fourth-order valence-electron chi connectivity index (χ4n) is 2.68.